The van der Waals surface area contributed by atoms with E-state index in [0.717, 1.165) is 0 Å². The first-order valence-electron chi connectivity index (χ1n) is 6.47. The number of rotatable bonds is 5. The standard InChI is InChI=1S/C15H18N2O3/c1-11(2)17-8-7-16(15(17)19)10-14(18)12-5-4-6-13(9-12)20-3/h4-9,11H,10H2,1-3H3. The maximum absolute atomic E-state index is 12.2. The number of ketones is 1. The number of aromatic nitrogens is 2. The molecule has 0 amide bonds. The third-order valence-electron chi connectivity index (χ3n) is 3.14. The Balaban J connectivity index is 2.21. The number of hydrogen-bond donors (Lipinski definition) is 0. The van der Waals surface area contributed by atoms with Crippen LogP contribution in [0.2, 0.25) is 0 Å². The van der Waals surface area contributed by atoms with Crippen LogP contribution in [0.4, 0.5) is 0 Å². The van der Waals surface area contributed by atoms with Crippen LogP contribution in [-0.2, 0) is 6.54 Å². The number of hydrogen-bond acceptors (Lipinski definition) is 3. The average molecular weight is 274 g/mol. The van der Waals surface area contributed by atoms with Crippen LogP contribution < -0.4 is 10.4 Å². The Labute approximate surface area is 117 Å². The summed E-state index contributed by atoms with van der Waals surface area (Å²) in [5, 5.41) is 0. The number of carbonyl (C=O) groups excluding carboxylic acids is 1. The van der Waals surface area contributed by atoms with Crippen LogP contribution in [0, 0.1) is 0 Å². The fraction of sp³-hybridized carbons (Fsp3) is 0.333. The zero-order chi connectivity index (χ0) is 14.7. The third-order valence-corrected chi connectivity index (χ3v) is 3.14. The van der Waals surface area contributed by atoms with Gasteiger partial charge in [-0.05, 0) is 26.0 Å². The summed E-state index contributed by atoms with van der Waals surface area (Å²) >= 11 is 0. The molecule has 0 aliphatic heterocycles. The molecule has 106 valence electrons. The quantitative estimate of drug-likeness (QED) is 0.785. The molecule has 0 saturated heterocycles. The number of carbonyl (C=O) groups is 1. The lowest BCUT2D eigenvalue weighted by molar-refractivity contribution is 0.0970. The van der Waals surface area contributed by atoms with Gasteiger partial charge in [-0.1, -0.05) is 12.1 Å². The molecule has 0 spiro atoms. The van der Waals surface area contributed by atoms with Crippen molar-refractivity contribution in [2.75, 3.05) is 7.11 Å². The minimum atomic E-state index is -0.170. The van der Waals surface area contributed by atoms with Gasteiger partial charge in [0.15, 0.2) is 5.78 Å². The highest BCUT2D eigenvalue weighted by Crippen LogP contribution is 2.13. The Kier molecular flexibility index (Phi) is 4.08. The van der Waals surface area contributed by atoms with Gasteiger partial charge in [0.2, 0.25) is 0 Å². The molecular formula is C15H18N2O3. The van der Waals surface area contributed by atoms with Crippen molar-refractivity contribution >= 4 is 5.78 Å². The summed E-state index contributed by atoms with van der Waals surface area (Å²) in [5.41, 5.74) is 0.366. The molecule has 0 fully saturated rings. The van der Waals surface area contributed by atoms with Gasteiger partial charge in [0, 0.05) is 24.0 Å². The Hall–Kier alpha value is -2.30. The van der Waals surface area contributed by atoms with E-state index >= 15 is 0 Å². The normalized spacial score (nSPS) is 10.8. The number of nitrogens with zero attached hydrogens (tertiary/aromatic N) is 2. The van der Waals surface area contributed by atoms with Crippen molar-refractivity contribution in [3.05, 3.63) is 52.7 Å². The van der Waals surface area contributed by atoms with E-state index in [0.29, 0.717) is 11.3 Å². The Morgan fingerprint density at radius 1 is 1.30 bits per heavy atom. The molecule has 0 aliphatic carbocycles. The van der Waals surface area contributed by atoms with Crippen molar-refractivity contribution in [1.82, 2.24) is 9.13 Å². The first kappa shape index (κ1) is 14.1. The maximum Gasteiger partial charge on any atom is 0.328 e. The van der Waals surface area contributed by atoms with Crippen molar-refractivity contribution in [2.24, 2.45) is 0 Å². The van der Waals surface area contributed by atoms with E-state index in [1.165, 1.54) is 4.57 Å². The van der Waals surface area contributed by atoms with E-state index in [-0.39, 0.29) is 24.1 Å². The molecule has 1 aromatic carbocycles. The molecule has 0 bridgehead atoms. The molecule has 0 atom stereocenters. The van der Waals surface area contributed by atoms with Gasteiger partial charge in [0.25, 0.3) is 0 Å². The van der Waals surface area contributed by atoms with E-state index in [1.807, 2.05) is 13.8 Å². The number of imidazole rings is 1. The topological polar surface area (TPSA) is 53.2 Å². The molecule has 1 aromatic heterocycles. The highest BCUT2D eigenvalue weighted by atomic mass is 16.5. The van der Waals surface area contributed by atoms with Crippen LogP contribution in [0.3, 0.4) is 0 Å². The van der Waals surface area contributed by atoms with Crippen molar-refractivity contribution in [3.63, 3.8) is 0 Å². The van der Waals surface area contributed by atoms with Gasteiger partial charge < -0.3 is 4.74 Å². The SMILES string of the molecule is COc1cccc(C(=O)Cn2ccn(C(C)C)c2=O)c1. The smallest absolute Gasteiger partial charge is 0.328 e. The Bertz CT molecular complexity index is 668. The van der Waals surface area contributed by atoms with Crippen molar-refractivity contribution in [2.45, 2.75) is 26.4 Å². The summed E-state index contributed by atoms with van der Waals surface area (Å²) in [6.45, 7) is 3.89. The van der Waals surface area contributed by atoms with Crippen LogP contribution in [0.5, 0.6) is 5.75 Å². The Morgan fingerprint density at radius 3 is 2.65 bits per heavy atom. The molecule has 5 heteroatoms. The fourth-order valence-electron chi connectivity index (χ4n) is 1.98. The maximum atomic E-state index is 12.2. The number of ether oxygens (including phenoxy) is 1. The van der Waals surface area contributed by atoms with E-state index in [1.54, 1.807) is 48.3 Å². The molecular weight excluding hydrogens is 256 g/mol. The van der Waals surface area contributed by atoms with Crippen molar-refractivity contribution < 1.29 is 9.53 Å². The predicted molar refractivity (Wildman–Crippen MR) is 76.4 cm³/mol. The van der Waals surface area contributed by atoms with Gasteiger partial charge in [-0.15, -0.1) is 0 Å². The van der Waals surface area contributed by atoms with Gasteiger partial charge >= 0.3 is 5.69 Å². The van der Waals surface area contributed by atoms with Crippen molar-refractivity contribution in [3.8, 4) is 5.75 Å². The number of Topliss-reactive ketones (excluding diaryl/α,β-unsaturated/α-hetero) is 1. The molecule has 0 aliphatic rings. The summed E-state index contributed by atoms with van der Waals surface area (Å²) in [7, 11) is 1.55. The van der Waals surface area contributed by atoms with Crippen LogP contribution in [0.25, 0.3) is 0 Å². The average Bonchev–Trinajstić information content (AvgIpc) is 2.80. The van der Waals surface area contributed by atoms with E-state index in [4.69, 9.17) is 4.74 Å². The van der Waals surface area contributed by atoms with Gasteiger partial charge in [-0.25, -0.2) is 4.79 Å². The van der Waals surface area contributed by atoms with Gasteiger partial charge in [-0.3, -0.25) is 13.9 Å². The highest BCUT2D eigenvalue weighted by molar-refractivity contribution is 5.96. The summed E-state index contributed by atoms with van der Waals surface area (Å²) in [5.74, 6) is 0.510. The molecule has 2 rings (SSSR count). The molecule has 0 unspecified atom stereocenters. The predicted octanol–water partition coefficient (Wildman–Crippen LogP) is 2.12. The summed E-state index contributed by atoms with van der Waals surface area (Å²) in [6, 6.07) is 7.00. The van der Waals surface area contributed by atoms with Crippen LogP contribution in [-0.4, -0.2) is 22.0 Å². The second-order valence-electron chi connectivity index (χ2n) is 4.86. The summed E-state index contributed by atoms with van der Waals surface area (Å²) in [6.07, 6.45) is 3.34. The number of methoxy groups -OCH3 is 1. The molecule has 1 heterocycles. The van der Waals surface area contributed by atoms with E-state index in [2.05, 4.69) is 0 Å². The molecule has 20 heavy (non-hydrogen) atoms. The largest absolute Gasteiger partial charge is 0.497 e. The highest BCUT2D eigenvalue weighted by Gasteiger charge is 2.12. The van der Waals surface area contributed by atoms with Gasteiger partial charge in [0.05, 0.1) is 13.7 Å². The summed E-state index contributed by atoms with van der Waals surface area (Å²) < 4.78 is 8.10. The van der Waals surface area contributed by atoms with E-state index < -0.39 is 0 Å². The minimum Gasteiger partial charge on any atom is -0.497 e. The minimum absolute atomic E-state index is 0.0335. The van der Waals surface area contributed by atoms with Crippen LogP contribution >= 0.6 is 0 Å². The lowest BCUT2D eigenvalue weighted by Crippen LogP contribution is -2.27. The lowest BCUT2D eigenvalue weighted by atomic mass is 10.1. The molecule has 2 aromatic rings. The van der Waals surface area contributed by atoms with Gasteiger partial charge in [0.1, 0.15) is 5.75 Å². The molecule has 0 N–H and O–H groups in total. The first-order chi connectivity index (χ1) is 9.52. The second-order valence-corrected chi connectivity index (χ2v) is 4.86. The molecule has 0 saturated carbocycles. The lowest BCUT2D eigenvalue weighted by Gasteiger charge is -2.06. The van der Waals surface area contributed by atoms with E-state index in [9.17, 15) is 9.59 Å². The monoisotopic (exact) mass is 274 g/mol. The van der Waals surface area contributed by atoms with Crippen molar-refractivity contribution in [1.29, 1.82) is 0 Å². The zero-order valence-electron chi connectivity index (χ0n) is 11.9. The van der Waals surface area contributed by atoms with Crippen LogP contribution in [0.1, 0.15) is 30.2 Å². The first-order valence-corrected chi connectivity index (χ1v) is 6.47. The third kappa shape index (κ3) is 2.82. The second kappa shape index (κ2) is 5.77. The van der Waals surface area contributed by atoms with Crippen LogP contribution in [0.15, 0.2) is 41.5 Å². The molecule has 5 nitrogen and oxygen atoms in total. The molecule has 0 radical (unpaired) electrons. The fourth-order valence-corrected chi connectivity index (χ4v) is 1.98. The zero-order valence-corrected chi connectivity index (χ0v) is 11.9. The Morgan fingerprint density at radius 2 is 2.05 bits per heavy atom. The van der Waals surface area contributed by atoms with Gasteiger partial charge in [-0.2, -0.15) is 0 Å². The summed E-state index contributed by atoms with van der Waals surface area (Å²) in [4.78, 5) is 24.2. The number of benzene rings is 1.